The lowest BCUT2D eigenvalue weighted by atomic mass is 10.5. The highest BCUT2D eigenvalue weighted by molar-refractivity contribution is 7.72. The van der Waals surface area contributed by atoms with Crippen molar-refractivity contribution >= 4 is 10.7 Å². The van der Waals surface area contributed by atoms with E-state index < -0.39 is 10.7 Å². The standard InChI is InChI=1S/C5H4NO2S/c7-9(8)5-2-1-3-6-4-5/h1,3-4,9H. The molecule has 0 unspecified atom stereocenters. The van der Waals surface area contributed by atoms with Crippen molar-refractivity contribution in [1.82, 2.24) is 4.98 Å². The summed E-state index contributed by atoms with van der Waals surface area (Å²) in [7, 11) is -2.51. The number of rotatable bonds is 1. The Morgan fingerprint density at radius 1 is 1.56 bits per heavy atom. The molecule has 4 heteroatoms. The van der Waals surface area contributed by atoms with Gasteiger partial charge in [-0.3, -0.25) is 4.98 Å². The SMILES string of the molecule is O=[SH](=O)c1[c]ccnc1. The smallest absolute Gasteiger partial charge is 0.170 e. The highest BCUT2D eigenvalue weighted by atomic mass is 32.2. The van der Waals surface area contributed by atoms with Crippen LogP contribution >= 0.6 is 0 Å². The van der Waals surface area contributed by atoms with Gasteiger partial charge in [0.05, 0.1) is 4.90 Å². The first-order chi connectivity index (χ1) is 4.30. The van der Waals surface area contributed by atoms with Crippen LogP contribution in [0.15, 0.2) is 23.4 Å². The molecule has 1 rings (SSSR count). The third kappa shape index (κ3) is 1.50. The maximum absolute atomic E-state index is 10.2. The Bertz CT molecular complexity index is 247. The molecular formula is C5H4NO2S. The molecule has 1 aromatic heterocycles. The molecular weight excluding hydrogens is 138 g/mol. The summed E-state index contributed by atoms with van der Waals surface area (Å²) in [5, 5.41) is 0. The lowest BCUT2D eigenvalue weighted by molar-refractivity contribution is 0.614. The van der Waals surface area contributed by atoms with Crippen LogP contribution in [0.3, 0.4) is 0 Å². The fraction of sp³-hybridized carbons (Fsp3) is 0. The zero-order chi connectivity index (χ0) is 6.69. The van der Waals surface area contributed by atoms with E-state index in [-0.39, 0.29) is 4.90 Å². The van der Waals surface area contributed by atoms with Gasteiger partial charge in [0.15, 0.2) is 10.7 Å². The molecule has 0 aliphatic carbocycles. The molecule has 0 N–H and O–H groups in total. The molecule has 0 amide bonds. The molecule has 47 valence electrons. The second kappa shape index (κ2) is 2.59. The van der Waals surface area contributed by atoms with E-state index in [4.69, 9.17) is 0 Å². The Balaban J connectivity index is 3.13. The van der Waals surface area contributed by atoms with Gasteiger partial charge in [0.25, 0.3) is 0 Å². The molecule has 1 heterocycles. The molecule has 3 nitrogen and oxygen atoms in total. The lowest BCUT2D eigenvalue weighted by Gasteiger charge is -1.82. The minimum atomic E-state index is -2.51. The van der Waals surface area contributed by atoms with Gasteiger partial charge in [-0.25, -0.2) is 8.42 Å². The van der Waals surface area contributed by atoms with Crippen LogP contribution in [0.2, 0.25) is 0 Å². The van der Waals surface area contributed by atoms with Gasteiger partial charge >= 0.3 is 0 Å². The maximum Gasteiger partial charge on any atom is 0.170 e. The summed E-state index contributed by atoms with van der Waals surface area (Å²) in [5.41, 5.74) is 0. The number of nitrogens with zero attached hydrogens (tertiary/aromatic N) is 1. The monoisotopic (exact) mass is 142 g/mol. The van der Waals surface area contributed by atoms with Crippen molar-refractivity contribution in [2.75, 3.05) is 0 Å². The molecule has 1 aromatic rings. The van der Waals surface area contributed by atoms with Crippen molar-refractivity contribution in [2.24, 2.45) is 0 Å². The highest BCUT2D eigenvalue weighted by Gasteiger charge is 1.89. The number of hydrogen-bond donors (Lipinski definition) is 1. The van der Waals surface area contributed by atoms with Gasteiger partial charge in [0.2, 0.25) is 0 Å². The molecule has 9 heavy (non-hydrogen) atoms. The Morgan fingerprint density at radius 2 is 2.33 bits per heavy atom. The van der Waals surface area contributed by atoms with Gasteiger partial charge in [-0.2, -0.15) is 0 Å². The Kier molecular flexibility index (Phi) is 1.79. The first-order valence-corrected chi connectivity index (χ1v) is 3.44. The van der Waals surface area contributed by atoms with E-state index in [1.807, 2.05) is 0 Å². The molecule has 0 saturated carbocycles. The van der Waals surface area contributed by atoms with Gasteiger partial charge in [-0.05, 0) is 6.07 Å². The molecule has 0 aliphatic rings. The van der Waals surface area contributed by atoms with Crippen LogP contribution in [0, 0.1) is 6.07 Å². The van der Waals surface area contributed by atoms with Crippen molar-refractivity contribution < 1.29 is 8.42 Å². The fourth-order valence-corrected chi connectivity index (χ4v) is 0.757. The van der Waals surface area contributed by atoms with Gasteiger partial charge in [0.1, 0.15) is 0 Å². The minimum Gasteiger partial charge on any atom is -0.263 e. The van der Waals surface area contributed by atoms with E-state index in [0.29, 0.717) is 0 Å². The zero-order valence-corrected chi connectivity index (χ0v) is 5.34. The number of hydrogen-bond acceptors (Lipinski definition) is 3. The van der Waals surface area contributed by atoms with E-state index in [0.717, 1.165) is 0 Å². The summed E-state index contributed by atoms with van der Waals surface area (Å²) in [4.78, 5) is 3.72. The summed E-state index contributed by atoms with van der Waals surface area (Å²) >= 11 is 0. The van der Waals surface area contributed by atoms with Crippen molar-refractivity contribution in [3.8, 4) is 0 Å². The van der Waals surface area contributed by atoms with E-state index in [1.165, 1.54) is 18.5 Å². The number of aromatic nitrogens is 1. The number of thiol groups is 1. The predicted octanol–water partition coefficient (Wildman–Crippen LogP) is -0.148. The largest absolute Gasteiger partial charge is 0.263 e. The van der Waals surface area contributed by atoms with Crippen LogP contribution in [0.5, 0.6) is 0 Å². The molecule has 0 atom stereocenters. The van der Waals surface area contributed by atoms with Crippen LogP contribution in [0.4, 0.5) is 0 Å². The first-order valence-electron chi connectivity index (χ1n) is 2.27. The van der Waals surface area contributed by atoms with Gasteiger partial charge in [-0.15, -0.1) is 0 Å². The maximum atomic E-state index is 10.2. The van der Waals surface area contributed by atoms with Crippen molar-refractivity contribution in [1.29, 1.82) is 0 Å². The van der Waals surface area contributed by atoms with Crippen LogP contribution in [0.25, 0.3) is 0 Å². The van der Waals surface area contributed by atoms with Crippen LogP contribution < -0.4 is 0 Å². The molecule has 0 bridgehead atoms. The van der Waals surface area contributed by atoms with Gasteiger partial charge in [-0.1, -0.05) is 0 Å². The first kappa shape index (κ1) is 6.22. The molecule has 1 radical (unpaired) electrons. The summed E-state index contributed by atoms with van der Waals surface area (Å²) < 4.78 is 20.3. The second-order valence-corrected chi connectivity index (χ2v) is 2.38. The quantitative estimate of drug-likeness (QED) is 0.555. The van der Waals surface area contributed by atoms with Crippen LogP contribution in [0.1, 0.15) is 0 Å². The zero-order valence-electron chi connectivity index (χ0n) is 4.44. The molecule has 0 aliphatic heterocycles. The van der Waals surface area contributed by atoms with E-state index >= 15 is 0 Å². The minimum absolute atomic E-state index is 0.132. The Hall–Kier alpha value is -0.900. The average molecular weight is 142 g/mol. The highest BCUT2D eigenvalue weighted by Crippen LogP contribution is 1.93. The average Bonchev–Trinajstić information content (AvgIpc) is 1.90. The van der Waals surface area contributed by atoms with E-state index in [2.05, 4.69) is 11.1 Å². The number of pyridine rings is 1. The van der Waals surface area contributed by atoms with Crippen LogP contribution in [-0.2, 0) is 10.7 Å². The van der Waals surface area contributed by atoms with Gasteiger partial charge in [0, 0.05) is 18.5 Å². The van der Waals surface area contributed by atoms with E-state index in [1.54, 1.807) is 0 Å². The Morgan fingerprint density at radius 3 is 2.67 bits per heavy atom. The topological polar surface area (TPSA) is 47.0 Å². The fourth-order valence-electron chi connectivity index (χ4n) is 0.416. The molecule has 0 aromatic carbocycles. The molecule has 0 fully saturated rings. The summed E-state index contributed by atoms with van der Waals surface area (Å²) in [6, 6.07) is 3.97. The molecule has 0 spiro atoms. The second-order valence-electron chi connectivity index (χ2n) is 1.38. The Labute approximate surface area is 54.3 Å². The van der Waals surface area contributed by atoms with Crippen LogP contribution in [-0.4, -0.2) is 13.4 Å². The van der Waals surface area contributed by atoms with Crippen molar-refractivity contribution in [2.45, 2.75) is 4.90 Å². The summed E-state index contributed by atoms with van der Waals surface area (Å²) in [5.74, 6) is 0. The summed E-state index contributed by atoms with van der Waals surface area (Å²) in [6.07, 6.45) is 2.73. The summed E-state index contributed by atoms with van der Waals surface area (Å²) in [6.45, 7) is 0. The van der Waals surface area contributed by atoms with Crippen molar-refractivity contribution in [3.63, 3.8) is 0 Å². The van der Waals surface area contributed by atoms with Gasteiger partial charge < -0.3 is 0 Å². The molecule has 0 saturated heterocycles. The lowest BCUT2D eigenvalue weighted by Crippen LogP contribution is -1.79. The normalized spacial score (nSPS) is 9.89. The van der Waals surface area contributed by atoms with Crippen molar-refractivity contribution in [3.05, 3.63) is 24.5 Å². The van der Waals surface area contributed by atoms with E-state index in [9.17, 15) is 8.42 Å². The predicted molar refractivity (Wildman–Crippen MR) is 31.7 cm³/mol. The third-order valence-electron chi connectivity index (χ3n) is 0.785. The third-order valence-corrected chi connectivity index (χ3v) is 1.42.